The maximum atomic E-state index is 11.5. The Hall–Kier alpha value is -0.670. The maximum Gasteiger partial charge on any atom is 0.237 e. The predicted octanol–water partition coefficient (Wildman–Crippen LogP) is 2.90. The van der Waals surface area contributed by atoms with Gasteiger partial charge in [-0.3, -0.25) is 4.79 Å². The predicted molar refractivity (Wildman–Crippen MR) is 64.8 cm³/mol. The van der Waals surface area contributed by atoms with Crippen molar-refractivity contribution in [3.8, 4) is 0 Å². The van der Waals surface area contributed by atoms with Crippen molar-refractivity contribution in [2.45, 2.75) is 23.5 Å². The van der Waals surface area contributed by atoms with Crippen molar-refractivity contribution in [1.82, 2.24) is 0 Å². The Kier molecular flexibility index (Phi) is 3.22. The molecule has 1 heterocycles. The molecule has 4 heteroatoms. The van der Waals surface area contributed by atoms with E-state index in [4.69, 9.17) is 11.6 Å². The minimum absolute atomic E-state index is 0.00335. The molecule has 0 saturated heterocycles. The van der Waals surface area contributed by atoms with Crippen LogP contribution in [-0.2, 0) is 11.2 Å². The molecule has 0 aliphatic carbocycles. The Morgan fingerprint density at radius 3 is 3.07 bits per heavy atom. The number of fused-ring (bicyclic) bond motifs is 1. The molecule has 0 bridgehead atoms. The standard InChI is InChI=1S/C11H12ClNOS/c1-7-11(14)13-9-6-8(4-5-12)2-3-10(9)15-7/h2-3,6-7H,4-5H2,1H3,(H,13,14). The van der Waals surface area contributed by atoms with Crippen molar-refractivity contribution >= 4 is 35.0 Å². The van der Waals surface area contributed by atoms with Crippen LogP contribution in [0.25, 0.3) is 0 Å². The Morgan fingerprint density at radius 2 is 2.33 bits per heavy atom. The van der Waals surface area contributed by atoms with Gasteiger partial charge in [-0.15, -0.1) is 23.4 Å². The zero-order valence-corrected chi connectivity index (χ0v) is 9.99. The van der Waals surface area contributed by atoms with E-state index < -0.39 is 0 Å². The fourth-order valence-corrected chi connectivity index (χ4v) is 2.67. The van der Waals surface area contributed by atoms with Gasteiger partial charge in [-0.05, 0) is 31.0 Å². The summed E-state index contributed by atoms with van der Waals surface area (Å²) >= 11 is 7.28. The first-order valence-corrected chi connectivity index (χ1v) is 6.28. The van der Waals surface area contributed by atoms with E-state index >= 15 is 0 Å². The van der Waals surface area contributed by atoms with Crippen LogP contribution in [0.2, 0.25) is 0 Å². The van der Waals surface area contributed by atoms with Crippen molar-refractivity contribution in [3.05, 3.63) is 23.8 Å². The van der Waals surface area contributed by atoms with E-state index in [2.05, 4.69) is 17.4 Å². The first-order chi connectivity index (χ1) is 7.20. The second-order valence-corrected chi connectivity index (χ2v) is 5.28. The minimum Gasteiger partial charge on any atom is -0.324 e. The Morgan fingerprint density at radius 1 is 1.53 bits per heavy atom. The monoisotopic (exact) mass is 241 g/mol. The number of benzene rings is 1. The number of hydrogen-bond acceptors (Lipinski definition) is 2. The van der Waals surface area contributed by atoms with Gasteiger partial charge in [0, 0.05) is 10.8 Å². The second kappa shape index (κ2) is 4.45. The normalized spacial score (nSPS) is 19.6. The third-order valence-corrected chi connectivity index (χ3v) is 3.72. The molecule has 1 aromatic carbocycles. The van der Waals surface area contributed by atoms with Crippen molar-refractivity contribution in [3.63, 3.8) is 0 Å². The van der Waals surface area contributed by atoms with Gasteiger partial charge in [0.1, 0.15) is 0 Å². The highest BCUT2D eigenvalue weighted by atomic mass is 35.5. The lowest BCUT2D eigenvalue weighted by atomic mass is 10.1. The molecule has 80 valence electrons. The number of anilines is 1. The van der Waals surface area contributed by atoms with Gasteiger partial charge < -0.3 is 5.32 Å². The number of nitrogens with one attached hydrogen (secondary N) is 1. The van der Waals surface area contributed by atoms with Crippen LogP contribution in [-0.4, -0.2) is 17.0 Å². The number of carbonyl (C=O) groups excluding carboxylic acids is 1. The first kappa shape index (κ1) is 10.8. The van der Waals surface area contributed by atoms with E-state index in [-0.39, 0.29) is 11.2 Å². The molecule has 0 spiro atoms. The average molecular weight is 242 g/mol. The van der Waals surface area contributed by atoms with Crippen LogP contribution in [0.5, 0.6) is 0 Å². The molecular weight excluding hydrogens is 230 g/mol. The summed E-state index contributed by atoms with van der Waals surface area (Å²) in [6.07, 6.45) is 0.838. The highest BCUT2D eigenvalue weighted by molar-refractivity contribution is 8.00. The summed E-state index contributed by atoms with van der Waals surface area (Å²) in [4.78, 5) is 12.6. The molecule has 2 nitrogen and oxygen atoms in total. The zero-order valence-electron chi connectivity index (χ0n) is 8.42. The Labute approximate surface area is 98.4 Å². The van der Waals surface area contributed by atoms with Gasteiger partial charge in [0.2, 0.25) is 5.91 Å². The van der Waals surface area contributed by atoms with Gasteiger partial charge in [-0.25, -0.2) is 0 Å². The first-order valence-electron chi connectivity index (χ1n) is 4.87. The summed E-state index contributed by atoms with van der Waals surface area (Å²) in [6.45, 7) is 1.91. The van der Waals surface area contributed by atoms with Crippen molar-refractivity contribution in [1.29, 1.82) is 0 Å². The summed E-state index contributed by atoms with van der Waals surface area (Å²) in [5.74, 6) is 0.687. The van der Waals surface area contributed by atoms with Crippen molar-refractivity contribution in [2.75, 3.05) is 11.2 Å². The average Bonchev–Trinajstić information content (AvgIpc) is 2.21. The highest BCUT2D eigenvalue weighted by Crippen LogP contribution is 2.35. The number of rotatable bonds is 2. The number of aryl methyl sites for hydroxylation is 1. The lowest BCUT2D eigenvalue weighted by Crippen LogP contribution is -2.26. The fraction of sp³-hybridized carbons (Fsp3) is 0.364. The van der Waals surface area contributed by atoms with Gasteiger partial charge in [0.25, 0.3) is 0 Å². The van der Waals surface area contributed by atoms with Crippen LogP contribution in [0.15, 0.2) is 23.1 Å². The number of hydrogen-bond donors (Lipinski definition) is 1. The molecule has 0 fully saturated rings. The third kappa shape index (κ3) is 2.29. The van der Waals surface area contributed by atoms with E-state index in [1.54, 1.807) is 11.8 Å². The molecule has 1 amide bonds. The van der Waals surface area contributed by atoms with E-state index in [9.17, 15) is 4.79 Å². The van der Waals surface area contributed by atoms with Crippen LogP contribution in [0.4, 0.5) is 5.69 Å². The van der Waals surface area contributed by atoms with E-state index in [1.165, 1.54) is 5.56 Å². The fourth-order valence-electron chi connectivity index (χ4n) is 1.52. The second-order valence-electron chi connectivity index (χ2n) is 3.52. The van der Waals surface area contributed by atoms with Crippen LogP contribution in [0.1, 0.15) is 12.5 Å². The van der Waals surface area contributed by atoms with Crippen molar-refractivity contribution in [2.24, 2.45) is 0 Å². The number of thioether (sulfide) groups is 1. The SMILES string of the molecule is CC1Sc2ccc(CCCl)cc2NC1=O. The quantitative estimate of drug-likeness (QED) is 0.807. The highest BCUT2D eigenvalue weighted by Gasteiger charge is 2.22. The molecule has 1 aromatic rings. The molecular formula is C11H12ClNOS. The molecule has 1 atom stereocenters. The van der Waals surface area contributed by atoms with Gasteiger partial charge in [0.05, 0.1) is 10.9 Å². The number of carbonyl (C=O) groups is 1. The molecule has 0 aromatic heterocycles. The largest absolute Gasteiger partial charge is 0.324 e. The topological polar surface area (TPSA) is 29.1 Å². The van der Waals surface area contributed by atoms with Crippen LogP contribution >= 0.6 is 23.4 Å². The molecule has 0 saturated carbocycles. The molecule has 1 aliphatic heterocycles. The van der Waals surface area contributed by atoms with Crippen LogP contribution in [0, 0.1) is 0 Å². The third-order valence-electron chi connectivity index (χ3n) is 2.36. The van der Waals surface area contributed by atoms with Gasteiger partial charge in [0.15, 0.2) is 0 Å². The summed E-state index contributed by atoms with van der Waals surface area (Å²) < 4.78 is 0. The van der Waals surface area contributed by atoms with E-state index in [0.717, 1.165) is 17.0 Å². The molecule has 2 rings (SSSR count). The number of alkyl halides is 1. The van der Waals surface area contributed by atoms with Crippen LogP contribution in [0.3, 0.4) is 0 Å². The van der Waals surface area contributed by atoms with E-state index in [1.807, 2.05) is 13.0 Å². The van der Waals surface area contributed by atoms with Gasteiger partial charge in [-0.1, -0.05) is 6.07 Å². The number of amides is 1. The lowest BCUT2D eigenvalue weighted by molar-refractivity contribution is -0.115. The summed E-state index contributed by atoms with van der Waals surface area (Å²) in [5.41, 5.74) is 2.09. The van der Waals surface area contributed by atoms with Crippen molar-refractivity contribution < 1.29 is 4.79 Å². The molecule has 1 N–H and O–H groups in total. The molecule has 1 unspecified atom stereocenters. The van der Waals surface area contributed by atoms with Crippen LogP contribution < -0.4 is 5.32 Å². The summed E-state index contributed by atoms with van der Waals surface area (Å²) in [6, 6.07) is 6.13. The Balaban J connectivity index is 2.29. The molecule has 0 radical (unpaired) electrons. The lowest BCUT2D eigenvalue weighted by Gasteiger charge is -2.21. The van der Waals surface area contributed by atoms with Gasteiger partial charge in [-0.2, -0.15) is 0 Å². The minimum atomic E-state index is -0.00335. The van der Waals surface area contributed by atoms with Gasteiger partial charge >= 0.3 is 0 Å². The Bertz CT molecular complexity index is 394. The molecule has 15 heavy (non-hydrogen) atoms. The molecule has 1 aliphatic rings. The van der Waals surface area contributed by atoms with E-state index in [0.29, 0.717) is 5.88 Å². The smallest absolute Gasteiger partial charge is 0.237 e. The zero-order chi connectivity index (χ0) is 10.8. The summed E-state index contributed by atoms with van der Waals surface area (Å²) in [5, 5.41) is 2.90. The summed E-state index contributed by atoms with van der Waals surface area (Å²) in [7, 11) is 0. The number of halogens is 1. The maximum absolute atomic E-state index is 11.5.